The summed E-state index contributed by atoms with van der Waals surface area (Å²) in [4.78, 5) is 21.4. The molecule has 0 amide bonds. The van der Waals surface area contributed by atoms with Crippen molar-refractivity contribution in [2.45, 2.75) is 39.2 Å². The number of benzene rings is 17. The van der Waals surface area contributed by atoms with E-state index in [4.69, 9.17) is 9.97 Å². The van der Waals surface area contributed by atoms with E-state index in [-0.39, 0.29) is 0 Å². The first-order valence-corrected chi connectivity index (χ1v) is 41.4. The van der Waals surface area contributed by atoms with Crippen molar-refractivity contribution >= 4 is 63.7 Å². The van der Waals surface area contributed by atoms with Gasteiger partial charge in [0.15, 0.2) is 0 Å². The normalized spacial score (nSPS) is 12.0. The van der Waals surface area contributed by atoms with Gasteiger partial charge in [0.05, 0.1) is 27.8 Å². The Hall–Kier alpha value is -13.9. The molecule has 0 aliphatic carbocycles. The van der Waals surface area contributed by atoms with E-state index in [0.29, 0.717) is 5.95 Å². The van der Waals surface area contributed by atoms with Crippen LogP contribution in [-0.2, 0) is 0 Å². The molecule has 17 aromatic carbocycles. The molecule has 0 spiro atoms. The SMILES string of the molecule is c1ccc(-c2cccc(S(c3cccc(-c4ccccc4)c3)(c3cccc(-c4ccccc4)c3)c3cc(-c4cc(-n5c6ccccc6c6ccccc65)nc(-n5c6ccccc6c6ccccc65)n4)cc(S(c4cccc(-c5ccccc5)c4)(c4cccc(-c5ccccc5)c4)c4cccc(-c5ccccc5)c4)c3)c2)cc1. The summed E-state index contributed by atoms with van der Waals surface area (Å²) < 4.78 is 4.65. The lowest BCUT2D eigenvalue weighted by molar-refractivity contribution is 0.951. The summed E-state index contributed by atoms with van der Waals surface area (Å²) in [5.41, 5.74) is 19.4. The maximum atomic E-state index is 6.18. The second-order valence-corrected chi connectivity index (χ2v) is 34.7. The van der Waals surface area contributed by atoms with Crippen molar-refractivity contribution in [3.63, 3.8) is 0 Å². The Labute approximate surface area is 655 Å². The van der Waals surface area contributed by atoms with E-state index < -0.39 is 20.1 Å². The molecule has 112 heavy (non-hydrogen) atoms. The minimum Gasteiger partial charge on any atom is -0.294 e. The van der Waals surface area contributed by atoms with Gasteiger partial charge in [-0.3, -0.25) is 9.13 Å². The monoisotopic (exact) mass is 1470 g/mol. The largest absolute Gasteiger partial charge is 0.294 e. The Balaban J connectivity index is 1.01. The Morgan fingerprint density at radius 2 is 0.384 bits per heavy atom. The predicted octanol–water partition coefficient (Wildman–Crippen LogP) is 29.0. The van der Waals surface area contributed by atoms with Crippen LogP contribution < -0.4 is 0 Å². The average molecular weight is 1470 g/mol. The van der Waals surface area contributed by atoms with Gasteiger partial charge in [0.2, 0.25) is 5.95 Å². The summed E-state index contributed by atoms with van der Waals surface area (Å²) in [6.07, 6.45) is 0. The summed E-state index contributed by atoms with van der Waals surface area (Å²) >= 11 is 0. The van der Waals surface area contributed by atoms with Gasteiger partial charge in [0, 0.05) is 72.3 Å². The van der Waals surface area contributed by atoms with Gasteiger partial charge in [-0.15, -0.1) is 20.1 Å². The first-order valence-electron chi connectivity index (χ1n) is 38.1. The molecule has 4 nitrogen and oxygen atoms in total. The summed E-state index contributed by atoms with van der Waals surface area (Å²) in [5, 5.41) is 4.53. The highest BCUT2D eigenvalue weighted by Crippen LogP contribution is 2.79. The molecule has 3 aromatic heterocycles. The molecule has 0 saturated carbocycles. The van der Waals surface area contributed by atoms with Crippen LogP contribution >= 0.6 is 20.1 Å². The fraction of sp³-hybridized carbons (Fsp3) is 0. The molecule has 530 valence electrons. The van der Waals surface area contributed by atoms with Gasteiger partial charge in [-0.05, 0) is 182 Å². The van der Waals surface area contributed by atoms with Crippen LogP contribution in [0.2, 0.25) is 0 Å². The maximum Gasteiger partial charge on any atom is 0.237 e. The fourth-order valence-corrected chi connectivity index (χ4v) is 24.9. The van der Waals surface area contributed by atoms with Gasteiger partial charge in [0.25, 0.3) is 0 Å². The second kappa shape index (κ2) is 28.9. The molecule has 0 N–H and O–H groups in total. The fourth-order valence-electron chi connectivity index (χ4n) is 16.8. The molecule has 20 rings (SSSR count). The van der Waals surface area contributed by atoms with Gasteiger partial charge < -0.3 is 0 Å². The van der Waals surface area contributed by atoms with Crippen LogP contribution in [0.25, 0.3) is 133 Å². The summed E-state index contributed by atoms with van der Waals surface area (Å²) in [7, 11) is -5.56. The predicted molar refractivity (Wildman–Crippen MR) is 469 cm³/mol. The van der Waals surface area contributed by atoms with Gasteiger partial charge in [0.1, 0.15) is 5.82 Å². The third kappa shape index (κ3) is 11.9. The minimum absolute atomic E-state index is 0.555. The Morgan fingerprint density at radius 3 is 0.652 bits per heavy atom. The maximum absolute atomic E-state index is 6.18. The molecule has 0 bridgehead atoms. The van der Waals surface area contributed by atoms with Gasteiger partial charge >= 0.3 is 0 Å². The van der Waals surface area contributed by atoms with Crippen LogP contribution in [0.1, 0.15) is 0 Å². The molecular formula is C106H74N4S2. The Kier molecular flexibility index (Phi) is 17.4. The van der Waals surface area contributed by atoms with Crippen molar-refractivity contribution in [1.29, 1.82) is 0 Å². The highest BCUT2D eigenvalue weighted by molar-refractivity contribution is 8.34. The Morgan fingerprint density at radius 1 is 0.161 bits per heavy atom. The third-order valence-electron chi connectivity index (χ3n) is 21.9. The van der Waals surface area contributed by atoms with Gasteiger partial charge in [-0.1, -0.05) is 328 Å². The molecule has 0 saturated heterocycles. The van der Waals surface area contributed by atoms with Crippen LogP contribution in [0.4, 0.5) is 0 Å². The summed E-state index contributed by atoms with van der Waals surface area (Å²) in [5.74, 6) is 1.30. The highest BCUT2D eigenvalue weighted by atomic mass is 32.3. The standard InChI is InChI=1S/C106H74N4S2/c1-7-33-75(34-8-1)81-45-27-51-88(65-81)111(89-52-28-46-82(66-89)76-35-9-2-10-36-76,90-53-29-47-83(67-90)77-37-11-3-12-38-77)94-71-87(100-74-105(109-101-61-23-19-57-96(101)97-58-20-24-62-102(97)109)108-106(107-100)110-103-63-25-21-59-98(103)99-60-22-26-64-104(99)110)72-95(73-94)112(91-54-30-48-84(68-91)78-39-13-4-14-40-78,92-55-31-49-85(69-92)79-41-15-5-16-42-79)93-56-32-50-86(70-93)80-43-17-6-18-44-80/h1-74H. The molecule has 3 heterocycles. The lowest BCUT2D eigenvalue weighted by atomic mass is 10.1. The zero-order valence-electron chi connectivity index (χ0n) is 61.3. The molecule has 0 radical (unpaired) electrons. The summed E-state index contributed by atoms with van der Waals surface area (Å²) in [6, 6.07) is 167. The average Bonchev–Trinajstić information content (AvgIpc) is 1.45. The summed E-state index contributed by atoms with van der Waals surface area (Å²) in [6.45, 7) is 0. The topological polar surface area (TPSA) is 35.6 Å². The van der Waals surface area contributed by atoms with E-state index in [1.54, 1.807) is 0 Å². The van der Waals surface area contributed by atoms with Crippen molar-refractivity contribution in [3.05, 3.63) is 449 Å². The van der Waals surface area contributed by atoms with E-state index in [9.17, 15) is 0 Å². The molecule has 0 aliphatic heterocycles. The lowest BCUT2D eigenvalue weighted by Gasteiger charge is -2.46. The number of nitrogens with zero attached hydrogens (tertiary/aromatic N) is 4. The van der Waals surface area contributed by atoms with Crippen molar-refractivity contribution in [2.24, 2.45) is 0 Å². The molecule has 6 heteroatoms. The van der Waals surface area contributed by atoms with Crippen molar-refractivity contribution in [3.8, 4) is 89.8 Å². The number of fused-ring (bicyclic) bond motifs is 6. The van der Waals surface area contributed by atoms with Crippen LogP contribution in [0, 0.1) is 0 Å². The van der Waals surface area contributed by atoms with Gasteiger partial charge in [-0.2, -0.15) is 4.98 Å². The molecule has 0 aliphatic rings. The Bertz CT molecular complexity index is 5960. The smallest absolute Gasteiger partial charge is 0.237 e. The van der Waals surface area contributed by atoms with Gasteiger partial charge in [-0.25, -0.2) is 4.98 Å². The second-order valence-electron chi connectivity index (χ2n) is 28.4. The zero-order chi connectivity index (χ0) is 74.4. The molecular weight excluding hydrogens is 1390 g/mol. The number of hydrogen-bond donors (Lipinski definition) is 0. The van der Waals surface area contributed by atoms with Crippen LogP contribution in [0.5, 0.6) is 0 Å². The van der Waals surface area contributed by atoms with Crippen molar-refractivity contribution < 1.29 is 0 Å². The number of aromatic nitrogens is 4. The van der Waals surface area contributed by atoms with Crippen LogP contribution in [0.15, 0.2) is 488 Å². The lowest BCUT2D eigenvalue weighted by Crippen LogP contribution is -2.11. The number of hydrogen-bond acceptors (Lipinski definition) is 2. The van der Waals surface area contributed by atoms with E-state index in [2.05, 4.69) is 458 Å². The van der Waals surface area contributed by atoms with E-state index in [0.717, 1.165) is 137 Å². The quantitative estimate of drug-likeness (QED) is 0.0911. The molecule has 0 unspecified atom stereocenters. The van der Waals surface area contributed by atoms with E-state index >= 15 is 0 Å². The van der Waals surface area contributed by atoms with E-state index in [1.165, 1.54) is 29.4 Å². The van der Waals surface area contributed by atoms with Crippen LogP contribution in [-0.4, -0.2) is 19.1 Å². The van der Waals surface area contributed by atoms with Crippen molar-refractivity contribution in [1.82, 2.24) is 19.1 Å². The number of para-hydroxylation sites is 4. The third-order valence-corrected chi connectivity index (χ3v) is 29.6. The molecule has 20 aromatic rings. The first-order chi connectivity index (χ1) is 55.5. The number of rotatable bonds is 17. The van der Waals surface area contributed by atoms with Crippen LogP contribution in [0.3, 0.4) is 0 Å². The minimum atomic E-state index is -2.78. The molecule has 0 fully saturated rings. The molecule has 0 atom stereocenters. The first kappa shape index (κ1) is 67.5. The highest BCUT2D eigenvalue weighted by Gasteiger charge is 2.40. The van der Waals surface area contributed by atoms with E-state index in [1.807, 2.05) is 0 Å². The van der Waals surface area contributed by atoms with Crippen molar-refractivity contribution in [2.75, 3.05) is 0 Å². The zero-order valence-corrected chi connectivity index (χ0v) is 63.0.